The highest BCUT2D eigenvalue weighted by molar-refractivity contribution is 7.92. The van der Waals surface area contributed by atoms with Gasteiger partial charge in [-0.1, -0.05) is 36.5 Å². The minimum absolute atomic E-state index is 0.182. The Balaban J connectivity index is 3.03. The zero-order valence-corrected chi connectivity index (χ0v) is 15.2. The number of hydrogen-bond acceptors (Lipinski definition) is 3. The third-order valence-corrected chi connectivity index (χ3v) is 4.79. The van der Waals surface area contributed by atoms with Crippen LogP contribution in [0.3, 0.4) is 0 Å². The molecule has 0 fully saturated rings. The van der Waals surface area contributed by atoms with Crippen LogP contribution in [0.15, 0.2) is 18.2 Å². The quantitative estimate of drug-likeness (QED) is 0.744. The Labute approximate surface area is 141 Å². The Morgan fingerprint density at radius 2 is 1.91 bits per heavy atom. The van der Waals surface area contributed by atoms with Gasteiger partial charge in [-0.15, -0.1) is 0 Å². The van der Waals surface area contributed by atoms with Crippen molar-refractivity contribution < 1.29 is 13.2 Å². The molecule has 0 N–H and O–H groups in total. The number of rotatable bonds is 7. The molecule has 5 nitrogen and oxygen atoms in total. The summed E-state index contributed by atoms with van der Waals surface area (Å²) in [5.41, 5.74) is 0.241. The van der Waals surface area contributed by atoms with Gasteiger partial charge in [0.15, 0.2) is 0 Å². The van der Waals surface area contributed by atoms with Crippen molar-refractivity contribution >= 4 is 44.8 Å². The van der Waals surface area contributed by atoms with E-state index in [0.717, 1.165) is 23.4 Å². The van der Waals surface area contributed by atoms with Crippen LogP contribution in [0.2, 0.25) is 10.0 Å². The summed E-state index contributed by atoms with van der Waals surface area (Å²) in [4.78, 5) is 13.7. The molecule has 1 rings (SSSR count). The van der Waals surface area contributed by atoms with Crippen LogP contribution in [0.4, 0.5) is 5.69 Å². The Morgan fingerprint density at radius 1 is 1.27 bits per heavy atom. The first-order valence-electron chi connectivity index (χ1n) is 6.83. The van der Waals surface area contributed by atoms with Crippen molar-refractivity contribution in [3.05, 3.63) is 28.2 Å². The SMILES string of the molecule is CCCCN(C)C(=O)CN(c1ccc(Cl)cc1Cl)S(C)(=O)=O. The molecule has 0 atom stereocenters. The zero-order valence-electron chi connectivity index (χ0n) is 12.8. The third-order valence-electron chi connectivity index (χ3n) is 3.13. The predicted molar refractivity (Wildman–Crippen MR) is 91.2 cm³/mol. The number of nitrogens with zero attached hydrogens (tertiary/aromatic N) is 2. The van der Waals surface area contributed by atoms with Crippen LogP contribution < -0.4 is 4.31 Å². The van der Waals surface area contributed by atoms with Gasteiger partial charge in [0.2, 0.25) is 15.9 Å². The fourth-order valence-electron chi connectivity index (χ4n) is 1.83. The van der Waals surface area contributed by atoms with Gasteiger partial charge in [0, 0.05) is 18.6 Å². The van der Waals surface area contributed by atoms with Crippen molar-refractivity contribution in [1.82, 2.24) is 4.90 Å². The molecule has 0 saturated carbocycles. The highest BCUT2D eigenvalue weighted by Gasteiger charge is 2.24. The summed E-state index contributed by atoms with van der Waals surface area (Å²) in [6.45, 7) is 2.32. The summed E-state index contributed by atoms with van der Waals surface area (Å²) in [5.74, 6) is -0.287. The standard InChI is InChI=1S/C14H20Cl2N2O3S/c1-4-5-8-17(2)14(19)10-18(22(3,20)21)13-7-6-11(15)9-12(13)16/h6-7,9H,4-5,8,10H2,1-3H3. The van der Waals surface area contributed by atoms with E-state index in [1.165, 1.54) is 23.1 Å². The molecule has 0 aliphatic carbocycles. The van der Waals surface area contributed by atoms with Gasteiger partial charge < -0.3 is 4.90 Å². The van der Waals surface area contributed by atoms with E-state index in [2.05, 4.69) is 0 Å². The number of anilines is 1. The Bertz CT molecular complexity index is 635. The molecular weight excluding hydrogens is 347 g/mol. The number of halogens is 2. The molecule has 22 heavy (non-hydrogen) atoms. The van der Waals surface area contributed by atoms with Crippen molar-refractivity contribution in [2.75, 3.05) is 30.7 Å². The number of unbranched alkanes of at least 4 members (excludes halogenated alkanes) is 1. The van der Waals surface area contributed by atoms with Crippen molar-refractivity contribution in [2.45, 2.75) is 19.8 Å². The fraction of sp³-hybridized carbons (Fsp3) is 0.500. The fourth-order valence-corrected chi connectivity index (χ4v) is 3.25. The Morgan fingerprint density at radius 3 is 2.41 bits per heavy atom. The molecule has 0 aliphatic rings. The summed E-state index contributed by atoms with van der Waals surface area (Å²) >= 11 is 11.9. The molecule has 0 spiro atoms. The summed E-state index contributed by atoms with van der Waals surface area (Å²) in [5, 5.41) is 0.579. The first-order chi connectivity index (χ1) is 10.2. The number of likely N-dealkylation sites (N-methyl/N-ethyl adjacent to an activating group) is 1. The largest absolute Gasteiger partial charge is 0.344 e. The number of carbonyl (C=O) groups excluding carboxylic acids is 1. The second kappa shape index (κ2) is 8.04. The molecule has 0 radical (unpaired) electrons. The van der Waals surface area contributed by atoms with Crippen LogP contribution in [0, 0.1) is 0 Å². The maximum absolute atomic E-state index is 12.2. The van der Waals surface area contributed by atoms with E-state index in [0.29, 0.717) is 11.6 Å². The molecule has 0 unspecified atom stereocenters. The van der Waals surface area contributed by atoms with Crippen molar-refractivity contribution in [1.29, 1.82) is 0 Å². The minimum atomic E-state index is -3.64. The molecule has 0 heterocycles. The van der Waals surface area contributed by atoms with Crippen LogP contribution in [0.5, 0.6) is 0 Å². The van der Waals surface area contributed by atoms with E-state index in [-0.39, 0.29) is 23.2 Å². The summed E-state index contributed by atoms with van der Waals surface area (Å²) in [7, 11) is -1.99. The van der Waals surface area contributed by atoms with Gasteiger partial charge in [-0.05, 0) is 24.6 Å². The lowest BCUT2D eigenvalue weighted by Gasteiger charge is -2.25. The number of amides is 1. The molecule has 1 aromatic carbocycles. The van der Waals surface area contributed by atoms with Gasteiger partial charge in [-0.3, -0.25) is 9.10 Å². The lowest BCUT2D eigenvalue weighted by molar-refractivity contribution is -0.128. The van der Waals surface area contributed by atoms with E-state index < -0.39 is 10.0 Å². The molecule has 0 aromatic heterocycles. The normalized spacial score (nSPS) is 11.3. The minimum Gasteiger partial charge on any atom is -0.344 e. The van der Waals surface area contributed by atoms with E-state index >= 15 is 0 Å². The maximum Gasteiger partial charge on any atom is 0.243 e. The van der Waals surface area contributed by atoms with Crippen LogP contribution in [-0.2, 0) is 14.8 Å². The second-order valence-electron chi connectivity index (χ2n) is 5.03. The van der Waals surface area contributed by atoms with Crippen LogP contribution in [-0.4, -0.2) is 45.6 Å². The molecular formula is C14H20Cl2N2O3S. The molecule has 0 aliphatic heterocycles. The van der Waals surface area contributed by atoms with Crippen molar-refractivity contribution in [3.8, 4) is 0 Å². The smallest absolute Gasteiger partial charge is 0.243 e. The Hall–Kier alpha value is -0.980. The highest BCUT2D eigenvalue weighted by atomic mass is 35.5. The van der Waals surface area contributed by atoms with Crippen molar-refractivity contribution in [2.24, 2.45) is 0 Å². The number of hydrogen-bond donors (Lipinski definition) is 0. The van der Waals surface area contributed by atoms with E-state index in [9.17, 15) is 13.2 Å². The first-order valence-corrected chi connectivity index (χ1v) is 9.44. The van der Waals surface area contributed by atoms with Gasteiger partial charge in [0.25, 0.3) is 0 Å². The van der Waals surface area contributed by atoms with Gasteiger partial charge in [0.1, 0.15) is 6.54 Å². The first kappa shape index (κ1) is 19.1. The van der Waals surface area contributed by atoms with E-state index in [1.807, 2.05) is 6.92 Å². The second-order valence-corrected chi connectivity index (χ2v) is 7.78. The van der Waals surface area contributed by atoms with Gasteiger partial charge in [-0.2, -0.15) is 0 Å². The molecule has 1 aromatic rings. The topological polar surface area (TPSA) is 57.7 Å². The monoisotopic (exact) mass is 366 g/mol. The van der Waals surface area contributed by atoms with Crippen LogP contribution in [0.1, 0.15) is 19.8 Å². The summed E-state index contributed by atoms with van der Waals surface area (Å²) in [6.07, 6.45) is 2.86. The van der Waals surface area contributed by atoms with Gasteiger partial charge in [-0.25, -0.2) is 8.42 Å². The summed E-state index contributed by atoms with van der Waals surface area (Å²) < 4.78 is 25.0. The van der Waals surface area contributed by atoms with Gasteiger partial charge >= 0.3 is 0 Å². The maximum atomic E-state index is 12.2. The molecule has 124 valence electrons. The average Bonchev–Trinajstić information content (AvgIpc) is 2.41. The molecule has 1 amide bonds. The highest BCUT2D eigenvalue weighted by Crippen LogP contribution is 2.30. The number of carbonyl (C=O) groups is 1. The van der Waals surface area contributed by atoms with Gasteiger partial charge in [0.05, 0.1) is 17.0 Å². The summed E-state index contributed by atoms with van der Waals surface area (Å²) in [6, 6.07) is 4.47. The zero-order chi connectivity index (χ0) is 16.9. The molecule has 0 saturated heterocycles. The van der Waals surface area contributed by atoms with Crippen LogP contribution in [0.25, 0.3) is 0 Å². The van der Waals surface area contributed by atoms with Crippen LogP contribution >= 0.6 is 23.2 Å². The lowest BCUT2D eigenvalue weighted by atomic mass is 10.3. The van der Waals surface area contributed by atoms with E-state index in [1.54, 1.807) is 7.05 Å². The number of sulfonamides is 1. The average molecular weight is 367 g/mol. The third kappa shape index (κ3) is 5.34. The van der Waals surface area contributed by atoms with E-state index in [4.69, 9.17) is 23.2 Å². The predicted octanol–water partition coefficient (Wildman–Crippen LogP) is 3.02. The lowest BCUT2D eigenvalue weighted by Crippen LogP contribution is -2.41. The Kier molecular flexibility index (Phi) is 6.97. The number of benzene rings is 1. The molecule has 8 heteroatoms. The van der Waals surface area contributed by atoms with Crippen molar-refractivity contribution in [3.63, 3.8) is 0 Å². The molecule has 0 bridgehead atoms.